The standard InChI is InChI=1S/C15H20N2O3/c18-14(19)10-11-5-4-6-12(9-11)17-15(20)13-7-2-1-3-8-16-13/h4-6,9,13,16H,1-3,7-8,10H2,(H,17,20)(H,18,19). The molecule has 5 heteroatoms. The van der Waals surface area contributed by atoms with Crippen molar-refractivity contribution in [2.75, 3.05) is 11.9 Å². The van der Waals surface area contributed by atoms with Crippen molar-refractivity contribution < 1.29 is 14.7 Å². The van der Waals surface area contributed by atoms with E-state index in [-0.39, 0.29) is 18.4 Å². The summed E-state index contributed by atoms with van der Waals surface area (Å²) in [7, 11) is 0. The molecule has 5 nitrogen and oxygen atoms in total. The maximum absolute atomic E-state index is 12.2. The number of anilines is 1. The van der Waals surface area contributed by atoms with E-state index in [1.807, 2.05) is 0 Å². The number of nitrogens with one attached hydrogen (secondary N) is 2. The van der Waals surface area contributed by atoms with Gasteiger partial charge in [-0.1, -0.05) is 25.0 Å². The van der Waals surface area contributed by atoms with Gasteiger partial charge in [0.1, 0.15) is 0 Å². The lowest BCUT2D eigenvalue weighted by atomic mass is 10.1. The van der Waals surface area contributed by atoms with Crippen molar-refractivity contribution in [1.82, 2.24) is 5.32 Å². The van der Waals surface area contributed by atoms with E-state index in [0.717, 1.165) is 32.2 Å². The van der Waals surface area contributed by atoms with Gasteiger partial charge in [-0.05, 0) is 37.1 Å². The van der Waals surface area contributed by atoms with Gasteiger partial charge in [0.25, 0.3) is 0 Å². The summed E-state index contributed by atoms with van der Waals surface area (Å²) in [5.74, 6) is -0.918. The number of amides is 1. The Hall–Kier alpha value is -1.88. The quantitative estimate of drug-likeness (QED) is 0.783. The Morgan fingerprint density at radius 1 is 1.30 bits per heavy atom. The predicted molar refractivity (Wildman–Crippen MR) is 76.7 cm³/mol. The number of hydrogen-bond donors (Lipinski definition) is 3. The van der Waals surface area contributed by atoms with Gasteiger partial charge in [-0.2, -0.15) is 0 Å². The molecule has 0 aliphatic carbocycles. The van der Waals surface area contributed by atoms with E-state index in [0.29, 0.717) is 11.3 Å². The van der Waals surface area contributed by atoms with Gasteiger partial charge in [0.05, 0.1) is 12.5 Å². The number of carbonyl (C=O) groups excluding carboxylic acids is 1. The number of hydrogen-bond acceptors (Lipinski definition) is 3. The van der Waals surface area contributed by atoms with Crippen LogP contribution >= 0.6 is 0 Å². The number of aliphatic carboxylic acids is 1. The lowest BCUT2D eigenvalue weighted by Gasteiger charge is -2.15. The average Bonchev–Trinajstić information content (AvgIpc) is 2.67. The zero-order valence-corrected chi connectivity index (χ0v) is 11.4. The van der Waals surface area contributed by atoms with Crippen LogP contribution < -0.4 is 10.6 Å². The van der Waals surface area contributed by atoms with Crippen molar-refractivity contribution in [2.45, 2.75) is 38.1 Å². The number of carboxylic acid groups (broad SMARTS) is 1. The van der Waals surface area contributed by atoms with E-state index in [1.165, 1.54) is 0 Å². The molecule has 1 unspecified atom stereocenters. The van der Waals surface area contributed by atoms with Gasteiger partial charge in [-0.25, -0.2) is 0 Å². The molecule has 2 rings (SSSR count). The first-order valence-electron chi connectivity index (χ1n) is 7.00. The van der Waals surface area contributed by atoms with Crippen molar-refractivity contribution in [3.05, 3.63) is 29.8 Å². The molecule has 0 spiro atoms. The first kappa shape index (κ1) is 14.5. The molecule has 1 heterocycles. The summed E-state index contributed by atoms with van der Waals surface area (Å²) in [5.41, 5.74) is 1.34. The molecule has 1 amide bonds. The molecule has 1 fully saturated rings. The molecule has 1 aliphatic heterocycles. The Labute approximate surface area is 118 Å². The van der Waals surface area contributed by atoms with Gasteiger partial charge < -0.3 is 15.7 Å². The fourth-order valence-electron chi connectivity index (χ4n) is 2.42. The second kappa shape index (κ2) is 7.05. The van der Waals surface area contributed by atoms with Gasteiger partial charge in [0.2, 0.25) is 5.91 Å². The topological polar surface area (TPSA) is 78.4 Å². The summed E-state index contributed by atoms with van der Waals surface area (Å²) in [6.07, 6.45) is 4.14. The first-order valence-corrected chi connectivity index (χ1v) is 7.00. The number of rotatable bonds is 4. The van der Waals surface area contributed by atoms with E-state index in [4.69, 9.17) is 5.11 Å². The molecule has 1 atom stereocenters. The third-order valence-corrected chi connectivity index (χ3v) is 3.43. The third kappa shape index (κ3) is 4.35. The molecule has 1 saturated heterocycles. The highest BCUT2D eigenvalue weighted by molar-refractivity contribution is 5.95. The minimum Gasteiger partial charge on any atom is -0.481 e. The molecule has 0 saturated carbocycles. The van der Waals surface area contributed by atoms with Gasteiger partial charge in [-0.15, -0.1) is 0 Å². The zero-order chi connectivity index (χ0) is 14.4. The second-order valence-corrected chi connectivity index (χ2v) is 5.12. The number of carboxylic acids is 1. The molecular formula is C15H20N2O3. The van der Waals surface area contributed by atoms with Crippen LogP contribution in [-0.2, 0) is 16.0 Å². The van der Waals surface area contributed by atoms with E-state index in [2.05, 4.69) is 10.6 Å². The van der Waals surface area contributed by atoms with Gasteiger partial charge >= 0.3 is 5.97 Å². The Bertz CT molecular complexity index is 480. The fourth-order valence-corrected chi connectivity index (χ4v) is 2.42. The molecule has 1 aliphatic rings. The maximum Gasteiger partial charge on any atom is 0.307 e. The average molecular weight is 276 g/mol. The van der Waals surface area contributed by atoms with Crippen LogP contribution in [0.2, 0.25) is 0 Å². The molecule has 1 aromatic rings. The highest BCUT2D eigenvalue weighted by atomic mass is 16.4. The van der Waals surface area contributed by atoms with Crippen LogP contribution in [-0.4, -0.2) is 29.6 Å². The SMILES string of the molecule is O=C(O)Cc1cccc(NC(=O)C2CCCCCN2)c1. The van der Waals surface area contributed by atoms with Crippen molar-refractivity contribution in [3.8, 4) is 0 Å². The molecule has 0 aromatic heterocycles. The van der Waals surface area contributed by atoms with Crippen LogP contribution in [0.15, 0.2) is 24.3 Å². The second-order valence-electron chi connectivity index (χ2n) is 5.12. The molecular weight excluding hydrogens is 256 g/mol. The summed E-state index contributed by atoms with van der Waals surface area (Å²) in [4.78, 5) is 22.9. The van der Waals surface area contributed by atoms with Gasteiger partial charge in [0.15, 0.2) is 0 Å². The van der Waals surface area contributed by atoms with E-state index in [1.54, 1.807) is 24.3 Å². The first-order chi connectivity index (χ1) is 9.65. The number of benzene rings is 1. The van der Waals surface area contributed by atoms with Crippen LogP contribution in [0.1, 0.15) is 31.2 Å². The Morgan fingerprint density at radius 2 is 2.15 bits per heavy atom. The van der Waals surface area contributed by atoms with Crippen LogP contribution in [0.4, 0.5) is 5.69 Å². The Kier molecular flexibility index (Phi) is 5.12. The summed E-state index contributed by atoms with van der Waals surface area (Å²) in [5, 5.41) is 14.9. The predicted octanol–water partition coefficient (Wildman–Crippen LogP) is 1.78. The minimum absolute atomic E-state index is 0.0363. The lowest BCUT2D eigenvalue weighted by Crippen LogP contribution is -2.39. The normalized spacial score (nSPS) is 19.1. The van der Waals surface area contributed by atoms with E-state index < -0.39 is 5.97 Å². The van der Waals surface area contributed by atoms with Crippen molar-refractivity contribution in [1.29, 1.82) is 0 Å². The highest BCUT2D eigenvalue weighted by Crippen LogP contribution is 2.14. The molecule has 3 N–H and O–H groups in total. The molecule has 0 radical (unpaired) electrons. The summed E-state index contributed by atoms with van der Waals surface area (Å²) >= 11 is 0. The van der Waals surface area contributed by atoms with Crippen molar-refractivity contribution in [3.63, 3.8) is 0 Å². The largest absolute Gasteiger partial charge is 0.481 e. The van der Waals surface area contributed by atoms with Crippen LogP contribution in [0.3, 0.4) is 0 Å². The van der Waals surface area contributed by atoms with Gasteiger partial charge in [0, 0.05) is 5.69 Å². The summed E-state index contributed by atoms with van der Waals surface area (Å²) in [6, 6.07) is 6.84. The fraction of sp³-hybridized carbons (Fsp3) is 0.467. The van der Waals surface area contributed by atoms with Crippen LogP contribution in [0.25, 0.3) is 0 Å². The Morgan fingerprint density at radius 3 is 2.95 bits per heavy atom. The van der Waals surface area contributed by atoms with E-state index in [9.17, 15) is 9.59 Å². The van der Waals surface area contributed by atoms with E-state index >= 15 is 0 Å². The van der Waals surface area contributed by atoms with Crippen LogP contribution in [0.5, 0.6) is 0 Å². The Balaban J connectivity index is 1.97. The molecule has 1 aromatic carbocycles. The van der Waals surface area contributed by atoms with Crippen molar-refractivity contribution in [2.24, 2.45) is 0 Å². The van der Waals surface area contributed by atoms with Gasteiger partial charge in [-0.3, -0.25) is 9.59 Å². The minimum atomic E-state index is -0.876. The van der Waals surface area contributed by atoms with Crippen molar-refractivity contribution >= 4 is 17.6 Å². The zero-order valence-electron chi connectivity index (χ0n) is 11.4. The van der Waals surface area contributed by atoms with Crippen LogP contribution in [0, 0.1) is 0 Å². The maximum atomic E-state index is 12.2. The molecule has 20 heavy (non-hydrogen) atoms. The lowest BCUT2D eigenvalue weighted by molar-refractivity contribution is -0.136. The monoisotopic (exact) mass is 276 g/mol. The summed E-state index contributed by atoms with van der Waals surface area (Å²) < 4.78 is 0. The summed E-state index contributed by atoms with van der Waals surface area (Å²) in [6.45, 7) is 0.872. The molecule has 108 valence electrons. The number of carbonyl (C=O) groups is 2. The third-order valence-electron chi connectivity index (χ3n) is 3.43. The highest BCUT2D eigenvalue weighted by Gasteiger charge is 2.19. The molecule has 0 bridgehead atoms. The smallest absolute Gasteiger partial charge is 0.307 e.